The molecule has 3 aromatic rings. The molecule has 0 fully saturated rings. The zero-order valence-electron chi connectivity index (χ0n) is 12.8. The number of nitrogens with zero attached hydrogens (tertiary/aromatic N) is 2. The SMILES string of the molecule is N#C/C(=C\c1ccc(-c2cccc(Cl)c2Cl)o1)c1cccc(C#N)c1. The molecule has 0 bridgehead atoms. The lowest BCUT2D eigenvalue weighted by Gasteiger charge is -2.02. The van der Waals surface area contributed by atoms with Gasteiger partial charge in [-0.25, -0.2) is 0 Å². The van der Waals surface area contributed by atoms with Gasteiger partial charge in [0, 0.05) is 5.56 Å². The first-order valence-electron chi connectivity index (χ1n) is 7.29. The van der Waals surface area contributed by atoms with Crippen LogP contribution in [0.5, 0.6) is 0 Å². The zero-order valence-corrected chi connectivity index (χ0v) is 14.3. The van der Waals surface area contributed by atoms with Gasteiger partial charge in [-0.3, -0.25) is 0 Å². The Hall–Kier alpha value is -2.98. The largest absolute Gasteiger partial charge is 0.457 e. The van der Waals surface area contributed by atoms with E-state index in [1.54, 1.807) is 54.6 Å². The highest BCUT2D eigenvalue weighted by molar-refractivity contribution is 6.43. The van der Waals surface area contributed by atoms with Crippen molar-refractivity contribution in [2.45, 2.75) is 0 Å². The second-order valence-corrected chi connectivity index (χ2v) is 5.95. The van der Waals surface area contributed by atoms with Crippen LogP contribution in [-0.4, -0.2) is 0 Å². The van der Waals surface area contributed by atoms with E-state index in [9.17, 15) is 5.26 Å². The van der Waals surface area contributed by atoms with Crippen molar-refractivity contribution in [2.75, 3.05) is 0 Å². The van der Waals surface area contributed by atoms with Crippen LogP contribution >= 0.6 is 23.2 Å². The first kappa shape index (κ1) is 16.9. The van der Waals surface area contributed by atoms with Crippen molar-refractivity contribution in [1.82, 2.24) is 0 Å². The summed E-state index contributed by atoms with van der Waals surface area (Å²) in [6.45, 7) is 0. The van der Waals surface area contributed by atoms with Gasteiger partial charge in [0.25, 0.3) is 0 Å². The lowest BCUT2D eigenvalue weighted by atomic mass is 10.0. The first-order valence-corrected chi connectivity index (χ1v) is 8.04. The monoisotopic (exact) mass is 364 g/mol. The number of hydrogen-bond donors (Lipinski definition) is 0. The van der Waals surface area contributed by atoms with Crippen LogP contribution in [0, 0.1) is 22.7 Å². The van der Waals surface area contributed by atoms with E-state index in [2.05, 4.69) is 12.1 Å². The lowest BCUT2D eigenvalue weighted by molar-refractivity contribution is 0.572. The zero-order chi connectivity index (χ0) is 17.8. The summed E-state index contributed by atoms with van der Waals surface area (Å²) >= 11 is 12.2. The average Bonchev–Trinajstić information content (AvgIpc) is 3.10. The van der Waals surface area contributed by atoms with Crippen molar-refractivity contribution in [3.63, 3.8) is 0 Å². The summed E-state index contributed by atoms with van der Waals surface area (Å²) in [4.78, 5) is 0. The second kappa shape index (κ2) is 7.28. The second-order valence-electron chi connectivity index (χ2n) is 5.17. The summed E-state index contributed by atoms with van der Waals surface area (Å²) in [7, 11) is 0. The van der Waals surface area contributed by atoms with Gasteiger partial charge in [0.2, 0.25) is 0 Å². The van der Waals surface area contributed by atoms with Gasteiger partial charge in [-0.15, -0.1) is 0 Å². The third kappa shape index (κ3) is 3.59. The van der Waals surface area contributed by atoms with Crippen molar-refractivity contribution >= 4 is 34.9 Å². The molecule has 0 radical (unpaired) electrons. The number of furan rings is 1. The van der Waals surface area contributed by atoms with Gasteiger partial charge in [-0.1, -0.05) is 41.4 Å². The van der Waals surface area contributed by atoms with E-state index < -0.39 is 0 Å². The van der Waals surface area contributed by atoms with Crippen LogP contribution < -0.4 is 0 Å². The molecule has 5 heteroatoms. The maximum absolute atomic E-state index is 9.43. The summed E-state index contributed by atoms with van der Waals surface area (Å²) in [6, 6.07) is 19.9. The van der Waals surface area contributed by atoms with Gasteiger partial charge in [-0.05, 0) is 48.0 Å². The molecular formula is C20H10Cl2N2O. The highest BCUT2D eigenvalue weighted by Crippen LogP contribution is 2.34. The van der Waals surface area contributed by atoms with Crippen LogP contribution in [0.15, 0.2) is 59.0 Å². The molecule has 120 valence electrons. The van der Waals surface area contributed by atoms with E-state index in [1.165, 1.54) is 0 Å². The summed E-state index contributed by atoms with van der Waals surface area (Å²) in [5.41, 5.74) is 2.22. The molecule has 0 N–H and O–H groups in total. The number of allylic oxidation sites excluding steroid dienone is 1. The molecule has 3 nitrogen and oxygen atoms in total. The van der Waals surface area contributed by atoms with Gasteiger partial charge >= 0.3 is 0 Å². The number of nitriles is 2. The molecule has 0 aliphatic carbocycles. The molecule has 0 spiro atoms. The molecule has 0 saturated heterocycles. The topological polar surface area (TPSA) is 60.7 Å². The quantitative estimate of drug-likeness (QED) is 0.520. The van der Waals surface area contributed by atoms with E-state index >= 15 is 0 Å². The molecule has 1 heterocycles. The van der Waals surface area contributed by atoms with Crippen LogP contribution in [0.25, 0.3) is 23.0 Å². The Morgan fingerprint density at radius 2 is 1.80 bits per heavy atom. The molecule has 3 rings (SSSR count). The standard InChI is InChI=1S/C20H10Cl2N2O/c21-18-6-2-5-17(20(18)22)19-8-7-16(25-19)10-15(12-24)14-4-1-3-13(9-14)11-23/h1-10H/b15-10+. The van der Waals surface area contributed by atoms with E-state index in [1.807, 2.05) is 6.07 Å². The molecule has 25 heavy (non-hydrogen) atoms. The highest BCUT2D eigenvalue weighted by atomic mass is 35.5. The normalized spacial score (nSPS) is 11.0. The van der Waals surface area contributed by atoms with Crippen LogP contribution in [0.4, 0.5) is 0 Å². The molecule has 0 atom stereocenters. The Labute approximate surface area is 155 Å². The molecule has 0 aliphatic heterocycles. The van der Waals surface area contributed by atoms with E-state index in [0.717, 1.165) is 0 Å². The Balaban J connectivity index is 1.99. The first-order chi connectivity index (χ1) is 12.1. The molecule has 0 unspecified atom stereocenters. The predicted octanol–water partition coefficient (Wildman–Crippen LogP) is 6.19. The number of benzene rings is 2. The van der Waals surface area contributed by atoms with E-state index in [0.29, 0.717) is 43.8 Å². The number of halogens is 2. The van der Waals surface area contributed by atoms with Gasteiger partial charge in [0.15, 0.2) is 0 Å². The smallest absolute Gasteiger partial charge is 0.136 e. The fourth-order valence-electron chi connectivity index (χ4n) is 2.35. The minimum atomic E-state index is 0.398. The van der Waals surface area contributed by atoms with Crippen molar-refractivity contribution in [2.24, 2.45) is 0 Å². The maximum atomic E-state index is 9.43. The minimum absolute atomic E-state index is 0.398. The Morgan fingerprint density at radius 3 is 2.56 bits per heavy atom. The number of rotatable bonds is 3. The maximum Gasteiger partial charge on any atom is 0.136 e. The Bertz CT molecular complexity index is 1050. The van der Waals surface area contributed by atoms with Crippen molar-refractivity contribution in [3.8, 4) is 23.5 Å². The lowest BCUT2D eigenvalue weighted by Crippen LogP contribution is -1.83. The third-order valence-corrected chi connectivity index (χ3v) is 4.37. The van der Waals surface area contributed by atoms with E-state index in [-0.39, 0.29) is 0 Å². The van der Waals surface area contributed by atoms with Gasteiger partial charge in [-0.2, -0.15) is 10.5 Å². The third-order valence-electron chi connectivity index (χ3n) is 3.55. The molecule has 0 aliphatic rings. The van der Waals surface area contributed by atoms with Gasteiger partial charge in [0.05, 0.1) is 33.3 Å². The van der Waals surface area contributed by atoms with Crippen LogP contribution in [0.3, 0.4) is 0 Å². The Kier molecular flexibility index (Phi) is 4.91. The van der Waals surface area contributed by atoms with Crippen molar-refractivity contribution in [3.05, 3.63) is 81.5 Å². The van der Waals surface area contributed by atoms with Crippen LogP contribution in [0.2, 0.25) is 10.0 Å². The van der Waals surface area contributed by atoms with Gasteiger partial charge < -0.3 is 4.42 Å². The van der Waals surface area contributed by atoms with E-state index in [4.69, 9.17) is 32.9 Å². The van der Waals surface area contributed by atoms with Crippen molar-refractivity contribution in [1.29, 1.82) is 10.5 Å². The average molecular weight is 365 g/mol. The molecule has 2 aromatic carbocycles. The summed E-state index contributed by atoms with van der Waals surface area (Å²) in [5.74, 6) is 1.06. The van der Waals surface area contributed by atoms with Crippen LogP contribution in [0.1, 0.15) is 16.9 Å². The fraction of sp³-hybridized carbons (Fsp3) is 0. The molecule has 0 amide bonds. The minimum Gasteiger partial charge on any atom is -0.457 e. The number of hydrogen-bond acceptors (Lipinski definition) is 3. The van der Waals surface area contributed by atoms with Gasteiger partial charge in [0.1, 0.15) is 11.5 Å². The summed E-state index contributed by atoms with van der Waals surface area (Å²) < 4.78 is 5.78. The summed E-state index contributed by atoms with van der Waals surface area (Å²) in [5, 5.41) is 19.3. The Morgan fingerprint density at radius 1 is 1.00 bits per heavy atom. The predicted molar refractivity (Wildman–Crippen MR) is 98.8 cm³/mol. The van der Waals surface area contributed by atoms with Crippen molar-refractivity contribution < 1.29 is 4.42 Å². The molecular weight excluding hydrogens is 355 g/mol. The molecule has 0 saturated carbocycles. The summed E-state index contributed by atoms with van der Waals surface area (Å²) in [6.07, 6.45) is 1.62. The molecule has 1 aromatic heterocycles. The van der Waals surface area contributed by atoms with Crippen LogP contribution in [-0.2, 0) is 0 Å². The fourth-order valence-corrected chi connectivity index (χ4v) is 2.74. The highest BCUT2D eigenvalue weighted by Gasteiger charge is 2.11.